The summed E-state index contributed by atoms with van der Waals surface area (Å²) in [5.74, 6) is 0.650. The fourth-order valence-corrected chi connectivity index (χ4v) is 2.78. The van der Waals surface area contributed by atoms with Gasteiger partial charge in [0.05, 0.1) is 5.37 Å². The van der Waals surface area contributed by atoms with Crippen LogP contribution in [-0.4, -0.2) is 10.6 Å². The fourth-order valence-electron chi connectivity index (χ4n) is 1.48. The molecule has 0 saturated carbocycles. The minimum Gasteiger partial charge on any atom is -0.244 e. The molecule has 1 saturated heterocycles. The smallest absolute Gasteiger partial charge is 0.0678 e. The second-order valence-corrected chi connectivity index (χ2v) is 4.14. The number of rotatable bonds is 0. The first-order valence-electron chi connectivity index (χ1n) is 3.58. The van der Waals surface area contributed by atoms with Gasteiger partial charge < -0.3 is 0 Å². The van der Waals surface area contributed by atoms with Gasteiger partial charge in [0, 0.05) is 5.25 Å². The summed E-state index contributed by atoms with van der Waals surface area (Å²) < 4.78 is 0. The molecule has 1 radical (unpaired) electrons. The molecule has 1 heterocycles. The molecular formula is C8H10NS. The number of fused-ring (bicyclic) bond motifs is 1. The van der Waals surface area contributed by atoms with E-state index in [1.165, 1.54) is 0 Å². The maximum Gasteiger partial charge on any atom is 0.0678 e. The summed E-state index contributed by atoms with van der Waals surface area (Å²) in [6.07, 6.45) is 9.66. The number of hydrogen-bond donors (Lipinski definition) is 0. The Balaban J connectivity index is 2.14. The zero-order valence-electron chi connectivity index (χ0n) is 5.66. The van der Waals surface area contributed by atoms with Gasteiger partial charge in [0.1, 0.15) is 0 Å². The Hall–Kier alpha value is -0.210. The normalized spacial score (nSPS) is 43.9. The van der Waals surface area contributed by atoms with Crippen LogP contribution in [0.5, 0.6) is 0 Å². The largest absolute Gasteiger partial charge is 0.244 e. The molecule has 0 bridgehead atoms. The highest BCUT2D eigenvalue weighted by atomic mass is 32.2. The van der Waals surface area contributed by atoms with Crippen molar-refractivity contribution in [1.29, 1.82) is 0 Å². The predicted molar refractivity (Wildman–Crippen MR) is 44.7 cm³/mol. The summed E-state index contributed by atoms with van der Waals surface area (Å²) in [5.41, 5.74) is 7.52. The van der Waals surface area contributed by atoms with E-state index in [2.05, 4.69) is 24.3 Å². The summed E-state index contributed by atoms with van der Waals surface area (Å²) in [6, 6.07) is 0. The Bertz CT molecular complexity index is 166. The molecular weight excluding hydrogens is 142 g/mol. The molecule has 3 unspecified atom stereocenters. The molecule has 53 valence electrons. The Morgan fingerprint density at radius 2 is 2.10 bits per heavy atom. The van der Waals surface area contributed by atoms with Crippen LogP contribution in [0, 0.1) is 5.92 Å². The van der Waals surface area contributed by atoms with E-state index in [1.807, 2.05) is 0 Å². The molecule has 2 heteroatoms. The van der Waals surface area contributed by atoms with E-state index < -0.39 is 0 Å². The molecule has 1 aliphatic carbocycles. The highest BCUT2D eigenvalue weighted by Gasteiger charge is 2.30. The van der Waals surface area contributed by atoms with Crippen LogP contribution in [0.15, 0.2) is 24.3 Å². The Morgan fingerprint density at radius 1 is 1.30 bits per heavy atom. The fraction of sp³-hybridized carbons (Fsp3) is 0.500. The van der Waals surface area contributed by atoms with Gasteiger partial charge in [0.25, 0.3) is 0 Å². The molecule has 2 aliphatic rings. The van der Waals surface area contributed by atoms with Crippen molar-refractivity contribution in [3.63, 3.8) is 0 Å². The lowest BCUT2D eigenvalue weighted by Gasteiger charge is -2.12. The first-order valence-corrected chi connectivity index (χ1v) is 4.52. The minimum absolute atomic E-state index is 0.113. The van der Waals surface area contributed by atoms with E-state index in [4.69, 9.17) is 5.73 Å². The van der Waals surface area contributed by atoms with Crippen LogP contribution < -0.4 is 5.73 Å². The zero-order chi connectivity index (χ0) is 6.97. The first kappa shape index (κ1) is 6.50. The van der Waals surface area contributed by atoms with Crippen LogP contribution >= 0.6 is 11.8 Å². The predicted octanol–water partition coefficient (Wildman–Crippen LogP) is 1.84. The van der Waals surface area contributed by atoms with Crippen molar-refractivity contribution in [2.24, 2.45) is 5.92 Å². The molecule has 0 spiro atoms. The van der Waals surface area contributed by atoms with E-state index in [-0.39, 0.29) is 5.37 Å². The molecule has 0 amide bonds. The molecule has 3 atom stereocenters. The lowest BCUT2D eigenvalue weighted by atomic mass is 9.97. The number of hydrogen-bond acceptors (Lipinski definition) is 1. The van der Waals surface area contributed by atoms with Crippen molar-refractivity contribution < 1.29 is 0 Å². The topological polar surface area (TPSA) is 23.8 Å². The molecule has 1 aliphatic heterocycles. The average molecular weight is 152 g/mol. The van der Waals surface area contributed by atoms with Gasteiger partial charge in [-0.25, -0.2) is 5.73 Å². The molecule has 0 aromatic carbocycles. The van der Waals surface area contributed by atoms with Crippen LogP contribution in [0.1, 0.15) is 6.42 Å². The second kappa shape index (κ2) is 2.44. The molecule has 0 aromatic rings. The number of nitrogens with one attached hydrogen (secondary N) is 1. The van der Waals surface area contributed by atoms with Crippen LogP contribution in [0.3, 0.4) is 0 Å². The third-order valence-corrected chi connectivity index (χ3v) is 3.34. The number of thioether (sulfide) groups is 1. The van der Waals surface area contributed by atoms with E-state index in [1.54, 1.807) is 11.8 Å². The van der Waals surface area contributed by atoms with E-state index >= 15 is 0 Å². The van der Waals surface area contributed by atoms with Gasteiger partial charge in [-0.2, -0.15) is 0 Å². The Morgan fingerprint density at radius 3 is 2.90 bits per heavy atom. The minimum atomic E-state index is 0.113. The van der Waals surface area contributed by atoms with Gasteiger partial charge in [-0.1, -0.05) is 24.3 Å². The van der Waals surface area contributed by atoms with Crippen molar-refractivity contribution in [2.45, 2.75) is 17.0 Å². The van der Waals surface area contributed by atoms with Gasteiger partial charge in [0.15, 0.2) is 0 Å². The molecule has 1 fully saturated rings. The van der Waals surface area contributed by atoms with Gasteiger partial charge >= 0.3 is 0 Å². The van der Waals surface area contributed by atoms with Crippen molar-refractivity contribution in [1.82, 2.24) is 5.73 Å². The quantitative estimate of drug-likeness (QED) is 0.519. The van der Waals surface area contributed by atoms with Crippen molar-refractivity contribution in [2.75, 3.05) is 0 Å². The maximum absolute atomic E-state index is 7.52. The van der Waals surface area contributed by atoms with Gasteiger partial charge in [-0.05, 0) is 12.3 Å². The summed E-state index contributed by atoms with van der Waals surface area (Å²) in [6.45, 7) is 0. The van der Waals surface area contributed by atoms with Crippen molar-refractivity contribution in [3.05, 3.63) is 24.3 Å². The van der Waals surface area contributed by atoms with Gasteiger partial charge in [0.2, 0.25) is 0 Å². The lowest BCUT2D eigenvalue weighted by molar-refractivity contribution is 0.628. The summed E-state index contributed by atoms with van der Waals surface area (Å²) in [5, 5.41) is 0.717. The molecule has 2 rings (SSSR count). The van der Waals surface area contributed by atoms with Crippen molar-refractivity contribution in [3.8, 4) is 0 Å². The van der Waals surface area contributed by atoms with Crippen LogP contribution in [0.25, 0.3) is 0 Å². The Kier molecular flexibility index (Phi) is 1.58. The Labute approximate surface area is 65.4 Å². The highest BCUT2D eigenvalue weighted by molar-refractivity contribution is 8.00. The molecule has 1 nitrogen and oxygen atoms in total. The van der Waals surface area contributed by atoms with Gasteiger partial charge in [-0.3, -0.25) is 0 Å². The van der Waals surface area contributed by atoms with Crippen LogP contribution in [0.4, 0.5) is 0 Å². The van der Waals surface area contributed by atoms with E-state index in [0.29, 0.717) is 11.2 Å². The van der Waals surface area contributed by atoms with Crippen LogP contribution in [0.2, 0.25) is 0 Å². The molecule has 0 aromatic heterocycles. The lowest BCUT2D eigenvalue weighted by Crippen LogP contribution is -2.07. The first-order chi connectivity index (χ1) is 4.86. The van der Waals surface area contributed by atoms with Crippen LogP contribution in [-0.2, 0) is 0 Å². The third kappa shape index (κ3) is 1.02. The summed E-state index contributed by atoms with van der Waals surface area (Å²) in [7, 11) is 0. The SMILES string of the molecule is [NH]C1CC2C=CC=CC2S1. The maximum atomic E-state index is 7.52. The van der Waals surface area contributed by atoms with Crippen molar-refractivity contribution >= 4 is 11.8 Å². The number of allylic oxidation sites excluding steroid dienone is 3. The zero-order valence-corrected chi connectivity index (χ0v) is 6.47. The third-order valence-electron chi connectivity index (χ3n) is 2.00. The van der Waals surface area contributed by atoms with E-state index in [9.17, 15) is 0 Å². The average Bonchev–Trinajstić information content (AvgIpc) is 2.27. The van der Waals surface area contributed by atoms with Gasteiger partial charge in [-0.15, -0.1) is 11.8 Å². The molecule has 1 N–H and O–H groups in total. The molecule has 10 heavy (non-hydrogen) atoms. The summed E-state index contributed by atoms with van der Waals surface area (Å²) in [4.78, 5) is 0. The van der Waals surface area contributed by atoms with E-state index in [0.717, 1.165) is 6.42 Å². The summed E-state index contributed by atoms with van der Waals surface area (Å²) >= 11 is 1.78. The highest BCUT2D eigenvalue weighted by Crippen LogP contribution is 2.39. The monoisotopic (exact) mass is 152 g/mol. The standard InChI is InChI=1S/C8H10NS/c9-8-5-6-3-1-2-4-7(6)10-8/h1-4,6-9H,5H2. The second-order valence-electron chi connectivity index (χ2n) is 2.76.